The number of nitrogens with one attached hydrogen (secondary N) is 1. The van der Waals surface area contributed by atoms with E-state index < -0.39 is 0 Å². The highest BCUT2D eigenvalue weighted by molar-refractivity contribution is 9.11. The number of rotatable bonds is 5. The van der Waals surface area contributed by atoms with Gasteiger partial charge in [0.1, 0.15) is 0 Å². The van der Waals surface area contributed by atoms with Crippen molar-refractivity contribution in [3.05, 3.63) is 26.9 Å². The molecule has 1 aliphatic rings. The molecule has 1 fully saturated rings. The summed E-state index contributed by atoms with van der Waals surface area (Å²) < 4.78 is 2.13. The second kappa shape index (κ2) is 8.61. The molecule has 3 nitrogen and oxygen atoms in total. The Kier molecular flexibility index (Phi) is 7.13. The van der Waals surface area contributed by atoms with Gasteiger partial charge in [0.15, 0.2) is 0 Å². The molecule has 2 atom stereocenters. The Hall–Kier alpha value is 0.0300. The standard InChI is InChI=1S/C16H25Br2N3/c1-3-7-19-10-12-6-4-5-8-21(2)16(12)15-14(18)9-13(17)11-20-15/h9,11-12,16,19H,3-8,10H2,1-2H3. The summed E-state index contributed by atoms with van der Waals surface area (Å²) >= 11 is 7.20. The van der Waals surface area contributed by atoms with E-state index in [1.54, 1.807) is 0 Å². The monoisotopic (exact) mass is 417 g/mol. The topological polar surface area (TPSA) is 28.2 Å². The van der Waals surface area contributed by atoms with Crippen molar-refractivity contribution in [1.82, 2.24) is 15.2 Å². The normalized spacial score (nSPS) is 24.0. The molecule has 0 aliphatic carbocycles. The molecule has 118 valence electrons. The zero-order valence-corrected chi connectivity index (χ0v) is 16.1. The largest absolute Gasteiger partial charge is 0.316 e. The lowest BCUT2D eigenvalue weighted by atomic mass is 9.92. The second-order valence-corrected chi connectivity index (χ2v) is 7.68. The smallest absolute Gasteiger partial charge is 0.0721 e. The van der Waals surface area contributed by atoms with Crippen molar-refractivity contribution in [2.24, 2.45) is 5.92 Å². The van der Waals surface area contributed by atoms with Gasteiger partial charge in [-0.15, -0.1) is 0 Å². The van der Waals surface area contributed by atoms with Gasteiger partial charge in [0, 0.05) is 15.1 Å². The zero-order valence-electron chi connectivity index (χ0n) is 12.9. The lowest BCUT2D eigenvalue weighted by molar-refractivity contribution is 0.184. The molecule has 1 N–H and O–H groups in total. The Morgan fingerprint density at radius 2 is 2.19 bits per heavy atom. The molecule has 1 saturated heterocycles. The molecular formula is C16H25Br2N3. The molecular weight excluding hydrogens is 394 g/mol. The summed E-state index contributed by atoms with van der Waals surface area (Å²) in [6.45, 7) is 5.55. The maximum absolute atomic E-state index is 4.71. The molecule has 0 saturated carbocycles. The van der Waals surface area contributed by atoms with E-state index in [2.05, 4.69) is 62.1 Å². The fourth-order valence-corrected chi connectivity index (χ4v) is 4.40. The average molecular weight is 419 g/mol. The summed E-state index contributed by atoms with van der Waals surface area (Å²) in [5, 5.41) is 3.60. The van der Waals surface area contributed by atoms with Crippen molar-refractivity contribution in [3.8, 4) is 0 Å². The number of halogens is 2. The molecule has 0 amide bonds. The molecule has 1 aromatic rings. The maximum Gasteiger partial charge on any atom is 0.0721 e. The number of nitrogens with zero attached hydrogens (tertiary/aromatic N) is 2. The summed E-state index contributed by atoms with van der Waals surface area (Å²) in [4.78, 5) is 7.19. The van der Waals surface area contributed by atoms with Crippen molar-refractivity contribution < 1.29 is 0 Å². The summed E-state index contributed by atoms with van der Waals surface area (Å²) in [6.07, 6.45) is 6.97. The van der Waals surface area contributed by atoms with E-state index in [9.17, 15) is 0 Å². The van der Waals surface area contributed by atoms with Gasteiger partial charge < -0.3 is 5.32 Å². The lowest BCUT2D eigenvalue weighted by Gasteiger charge is -2.32. The molecule has 5 heteroatoms. The number of aromatic nitrogens is 1. The highest BCUT2D eigenvalue weighted by atomic mass is 79.9. The van der Waals surface area contributed by atoms with Crippen LogP contribution >= 0.6 is 31.9 Å². The fourth-order valence-electron chi connectivity index (χ4n) is 3.18. The molecule has 1 aromatic heterocycles. The molecule has 1 aliphatic heterocycles. The molecule has 0 radical (unpaired) electrons. The average Bonchev–Trinajstić information content (AvgIpc) is 2.62. The molecule has 0 aromatic carbocycles. The van der Waals surface area contributed by atoms with Crippen molar-refractivity contribution in [1.29, 1.82) is 0 Å². The Morgan fingerprint density at radius 3 is 2.90 bits per heavy atom. The molecule has 2 rings (SSSR count). The predicted molar refractivity (Wildman–Crippen MR) is 95.5 cm³/mol. The van der Waals surface area contributed by atoms with Crippen LogP contribution < -0.4 is 5.32 Å². The molecule has 21 heavy (non-hydrogen) atoms. The third-order valence-electron chi connectivity index (χ3n) is 4.21. The number of hydrogen-bond acceptors (Lipinski definition) is 3. The van der Waals surface area contributed by atoms with Crippen molar-refractivity contribution in [2.75, 3.05) is 26.7 Å². The van der Waals surface area contributed by atoms with Gasteiger partial charge in [-0.1, -0.05) is 13.3 Å². The van der Waals surface area contributed by atoms with Crippen LogP contribution in [0, 0.1) is 5.92 Å². The summed E-state index contributed by atoms with van der Waals surface area (Å²) in [6, 6.07) is 2.50. The Balaban J connectivity index is 2.23. The van der Waals surface area contributed by atoms with E-state index in [-0.39, 0.29) is 0 Å². The minimum Gasteiger partial charge on any atom is -0.316 e. The first-order valence-electron chi connectivity index (χ1n) is 7.85. The van der Waals surface area contributed by atoms with E-state index in [4.69, 9.17) is 4.98 Å². The van der Waals surface area contributed by atoms with E-state index >= 15 is 0 Å². The van der Waals surface area contributed by atoms with E-state index in [1.807, 2.05) is 6.20 Å². The van der Waals surface area contributed by atoms with E-state index in [1.165, 1.54) is 31.4 Å². The van der Waals surface area contributed by atoms with Crippen LogP contribution in [-0.4, -0.2) is 36.6 Å². The SMILES string of the molecule is CCCNCC1CCCCN(C)C1c1ncc(Br)cc1Br. The van der Waals surface area contributed by atoms with Gasteiger partial charge in [-0.2, -0.15) is 0 Å². The van der Waals surface area contributed by atoms with E-state index in [0.29, 0.717) is 12.0 Å². The van der Waals surface area contributed by atoms with Gasteiger partial charge in [0.25, 0.3) is 0 Å². The molecule has 0 bridgehead atoms. The van der Waals surface area contributed by atoms with Crippen LogP contribution in [0.5, 0.6) is 0 Å². The van der Waals surface area contributed by atoms with Gasteiger partial charge in [0.2, 0.25) is 0 Å². The van der Waals surface area contributed by atoms with Crippen LogP contribution in [0.1, 0.15) is 44.3 Å². The number of hydrogen-bond donors (Lipinski definition) is 1. The van der Waals surface area contributed by atoms with Crippen molar-refractivity contribution in [3.63, 3.8) is 0 Å². The third kappa shape index (κ3) is 4.75. The van der Waals surface area contributed by atoms with Crippen molar-refractivity contribution >= 4 is 31.9 Å². The van der Waals surface area contributed by atoms with Crippen LogP contribution in [0.4, 0.5) is 0 Å². The van der Waals surface area contributed by atoms with Crippen LogP contribution in [0.3, 0.4) is 0 Å². The predicted octanol–water partition coefficient (Wildman–Crippen LogP) is 4.38. The minimum absolute atomic E-state index is 0.388. The zero-order chi connectivity index (χ0) is 15.2. The molecule has 2 heterocycles. The summed E-state index contributed by atoms with van der Waals surface area (Å²) in [7, 11) is 2.24. The highest BCUT2D eigenvalue weighted by Gasteiger charge is 2.31. The number of likely N-dealkylation sites (tertiary alicyclic amines) is 1. The highest BCUT2D eigenvalue weighted by Crippen LogP contribution is 2.36. The first-order valence-corrected chi connectivity index (χ1v) is 9.44. The lowest BCUT2D eigenvalue weighted by Crippen LogP contribution is -2.35. The fraction of sp³-hybridized carbons (Fsp3) is 0.688. The van der Waals surface area contributed by atoms with Gasteiger partial charge in [-0.3, -0.25) is 9.88 Å². The Bertz CT molecular complexity index is 453. The van der Waals surface area contributed by atoms with Crippen molar-refractivity contribution in [2.45, 2.75) is 38.6 Å². The molecule has 2 unspecified atom stereocenters. The minimum atomic E-state index is 0.388. The third-order valence-corrected chi connectivity index (χ3v) is 5.28. The number of pyridine rings is 1. The van der Waals surface area contributed by atoms with Gasteiger partial charge >= 0.3 is 0 Å². The van der Waals surface area contributed by atoms with Crippen LogP contribution in [-0.2, 0) is 0 Å². The maximum atomic E-state index is 4.71. The van der Waals surface area contributed by atoms with Crippen LogP contribution in [0.15, 0.2) is 21.2 Å². The second-order valence-electron chi connectivity index (χ2n) is 5.91. The first-order chi connectivity index (χ1) is 10.1. The summed E-state index contributed by atoms with van der Waals surface area (Å²) in [5.74, 6) is 0.619. The van der Waals surface area contributed by atoms with Crippen LogP contribution in [0.2, 0.25) is 0 Å². The Labute approximate surface area is 145 Å². The summed E-state index contributed by atoms with van der Waals surface area (Å²) in [5.41, 5.74) is 1.17. The van der Waals surface area contributed by atoms with Gasteiger partial charge in [0.05, 0.1) is 11.7 Å². The van der Waals surface area contributed by atoms with Gasteiger partial charge in [-0.25, -0.2) is 0 Å². The van der Waals surface area contributed by atoms with Gasteiger partial charge in [-0.05, 0) is 89.8 Å². The first kappa shape index (κ1) is 17.4. The quantitative estimate of drug-likeness (QED) is 0.719. The Morgan fingerprint density at radius 1 is 1.38 bits per heavy atom. The van der Waals surface area contributed by atoms with E-state index in [0.717, 1.165) is 28.6 Å². The van der Waals surface area contributed by atoms with Crippen LogP contribution in [0.25, 0.3) is 0 Å². The molecule has 0 spiro atoms.